The summed E-state index contributed by atoms with van der Waals surface area (Å²) >= 11 is 0. The lowest BCUT2D eigenvalue weighted by molar-refractivity contribution is -0.115. The second-order valence-electron chi connectivity index (χ2n) is 5.54. The number of amides is 1. The van der Waals surface area contributed by atoms with Gasteiger partial charge in [-0.15, -0.1) is 0 Å². The van der Waals surface area contributed by atoms with E-state index in [1.165, 1.54) is 19.0 Å². The van der Waals surface area contributed by atoms with Gasteiger partial charge in [-0.1, -0.05) is 0 Å². The molecule has 2 aromatic heterocycles. The highest BCUT2D eigenvalue weighted by atomic mass is 16.3. The topological polar surface area (TPSA) is 83.3 Å². The van der Waals surface area contributed by atoms with Crippen molar-refractivity contribution >= 4 is 11.7 Å². The fourth-order valence-electron chi connectivity index (χ4n) is 2.82. The largest absolute Gasteiger partial charge is 0.468 e. The maximum absolute atomic E-state index is 11.9. The van der Waals surface area contributed by atoms with Gasteiger partial charge in [-0.2, -0.15) is 0 Å². The maximum atomic E-state index is 11.9. The summed E-state index contributed by atoms with van der Waals surface area (Å²) in [6.45, 7) is 3.03. The highest BCUT2D eigenvalue weighted by Crippen LogP contribution is 2.24. The predicted octanol–water partition coefficient (Wildman–Crippen LogP) is 1.43. The minimum atomic E-state index is -0.134. The number of nitrogens with zero attached hydrogens (tertiary/aromatic N) is 3. The van der Waals surface area contributed by atoms with Crippen LogP contribution in [0.25, 0.3) is 0 Å². The fourth-order valence-corrected chi connectivity index (χ4v) is 2.82. The van der Waals surface area contributed by atoms with E-state index in [1.807, 2.05) is 12.1 Å². The number of carbonyl (C=O) groups excluding carboxylic acids is 1. The number of likely N-dealkylation sites (tertiary alicyclic amines) is 1. The predicted molar refractivity (Wildman–Crippen MR) is 85.8 cm³/mol. The van der Waals surface area contributed by atoms with Crippen molar-refractivity contribution in [3.8, 4) is 0 Å². The monoisotopic (exact) mass is 315 g/mol. The molecule has 1 atom stereocenters. The summed E-state index contributed by atoms with van der Waals surface area (Å²) in [5.74, 6) is 1.26. The number of furan rings is 1. The van der Waals surface area contributed by atoms with E-state index in [0.717, 1.165) is 18.8 Å². The first-order valence-electron chi connectivity index (χ1n) is 7.87. The Morgan fingerprint density at radius 2 is 2.22 bits per heavy atom. The third-order valence-corrected chi connectivity index (χ3v) is 3.91. The number of hydrogen-bond donors (Lipinski definition) is 2. The van der Waals surface area contributed by atoms with Crippen molar-refractivity contribution in [2.45, 2.75) is 18.9 Å². The molecule has 1 amide bonds. The Balaban J connectivity index is 1.50. The number of nitrogens with one attached hydrogen (secondary N) is 2. The molecule has 0 radical (unpaired) electrons. The Hall–Kier alpha value is -2.25. The molecule has 1 aliphatic heterocycles. The number of hydrogen-bond acceptors (Lipinski definition) is 6. The molecule has 0 bridgehead atoms. The van der Waals surface area contributed by atoms with Crippen LogP contribution in [0.5, 0.6) is 0 Å². The summed E-state index contributed by atoms with van der Waals surface area (Å²) in [5, 5.41) is 5.92. The summed E-state index contributed by atoms with van der Waals surface area (Å²) in [7, 11) is 0. The van der Waals surface area contributed by atoms with Gasteiger partial charge in [-0.3, -0.25) is 14.7 Å². The molecule has 2 aromatic rings. The van der Waals surface area contributed by atoms with Crippen LogP contribution in [0.2, 0.25) is 0 Å². The summed E-state index contributed by atoms with van der Waals surface area (Å²) in [5.41, 5.74) is 0. The van der Waals surface area contributed by atoms with E-state index in [4.69, 9.17) is 4.42 Å². The molecule has 3 rings (SSSR count). The molecule has 0 unspecified atom stereocenters. The van der Waals surface area contributed by atoms with Crippen molar-refractivity contribution in [3.05, 3.63) is 42.7 Å². The van der Waals surface area contributed by atoms with Crippen LogP contribution in [0.3, 0.4) is 0 Å². The van der Waals surface area contributed by atoms with Gasteiger partial charge in [0.2, 0.25) is 5.91 Å². The van der Waals surface area contributed by atoms with E-state index < -0.39 is 0 Å². The Morgan fingerprint density at radius 1 is 1.35 bits per heavy atom. The molecule has 0 spiro atoms. The van der Waals surface area contributed by atoms with E-state index in [2.05, 4.69) is 25.5 Å². The molecule has 2 N–H and O–H groups in total. The molecule has 1 aliphatic rings. The molecule has 122 valence electrons. The van der Waals surface area contributed by atoms with Gasteiger partial charge in [0, 0.05) is 18.9 Å². The smallest absolute Gasteiger partial charge is 0.239 e. The van der Waals surface area contributed by atoms with Gasteiger partial charge in [0.05, 0.1) is 25.0 Å². The van der Waals surface area contributed by atoms with Gasteiger partial charge in [-0.25, -0.2) is 4.98 Å². The molecular weight excluding hydrogens is 294 g/mol. The van der Waals surface area contributed by atoms with Crippen molar-refractivity contribution in [1.29, 1.82) is 0 Å². The summed E-state index contributed by atoms with van der Waals surface area (Å²) in [4.78, 5) is 22.3. The van der Waals surface area contributed by atoms with Gasteiger partial charge in [-0.05, 0) is 38.1 Å². The van der Waals surface area contributed by atoms with Crippen molar-refractivity contribution < 1.29 is 9.21 Å². The molecule has 0 aromatic carbocycles. The summed E-state index contributed by atoms with van der Waals surface area (Å²) in [6.07, 6.45) is 8.75. The zero-order valence-corrected chi connectivity index (χ0v) is 12.9. The van der Waals surface area contributed by atoms with Crippen LogP contribution in [0.4, 0.5) is 5.82 Å². The number of anilines is 1. The van der Waals surface area contributed by atoms with Gasteiger partial charge >= 0.3 is 0 Å². The van der Waals surface area contributed by atoms with Gasteiger partial charge in [0.25, 0.3) is 0 Å². The van der Waals surface area contributed by atoms with Crippen molar-refractivity contribution in [2.24, 2.45) is 0 Å². The molecule has 7 heteroatoms. The molecule has 23 heavy (non-hydrogen) atoms. The van der Waals surface area contributed by atoms with Crippen LogP contribution in [0.1, 0.15) is 24.6 Å². The summed E-state index contributed by atoms with van der Waals surface area (Å²) < 4.78 is 5.56. The number of aromatic nitrogens is 2. The third-order valence-electron chi connectivity index (χ3n) is 3.91. The van der Waals surface area contributed by atoms with Crippen LogP contribution in [-0.4, -0.2) is 47.0 Å². The Labute approximate surface area is 135 Å². The maximum Gasteiger partial charge on any atom is 0.239 e. The number of rotatable bonds is 7. The molecule has 1 fully saturated rings. The van der Waals surface area contributed by atoms with Gasteiger partial charge in [0.1, 0.15) is 5.76 Å². The molecule has 0 aliphatic carbocycles. The first-order valence-corrected chi connectivity index (χ1v) is 7.87. The van der Waals surface area contributed by atoms with E-state index in [0.29, 0.717) is 12.4 Å². The quantitative estimate of drug-likeness (QED) is 0.804. The minimum absolute atomic E-state index is 0.134. The van der Waals surface area contributed by atoms with Crippen LogP contribution in [0.15, 0.2) is 41.4 Å². The second-order valence-corrected chi connectivity index (χ2v) is 5.54. The van der Waals surface area contributed by atoms with E-state index in [9.17, 15) is 4.79 Å². The van der Waals surface area contributed by atoms with Crippen LogP contribution in [0, 0.1) is 0 Å². The third kappa shape index (κ3) is 4.37. The molecule has 7 nitrogen and oxygen atoms in total. The average molecular weight is 315 g/mol. The Bertz CT molecular complexity index is 596. The van der Waals surface area contributed by atoms with Crippen LogP contribution in [-0.2, 0) is 4.79 Å². The molecular formula is C16H21N5O2. The first kappa shape index (κ1) is 15.6. The Kier molecular flexibility index (Phi) is 5.33. The fraction of sp³-hybridized carbons (Fsp3) is 0.438. The second kappa shape index (κ2) is 7.85. The molecule has 1 saturated heterocycles. The van der Waals surface area contributed by atoms with E-state index >= 15 is 0 Å². The molecule has 0 saturated carbocycles. The molecule has 3 heterocycles. The Morgan fingerprint density at radius 3 is 2.91 bits per heavy atom. The van der Waals surface area contributed by atoms with Crippen LogP contribution < -0.4 is 10.6 Å². The normalized spacial score (nSPS) is 16.3. The SMILES string of the molecule is O=C(CNC[C@@H](c1ccco1)N1CCCC1)Nc1cnccn1. The average Bonchev–Trinajstić information content (AvgIpc) is 3.26. The summed E-state index contributed by atoms with van der Waals surface area (Å²) in [6, 6.07) is 4.06. The number of carbonyl (C=O) groups is 1. The van der Waals surface area contributed by atoms with Crippen molar-refractivity contribution in [2.75, 3.05) is 31.5 Å². The lowest BCUT2D eigenvalue weighted by atomic mass is 10.2. The van der Waals surface area contributed by atoms with E-state index in [1.54, 1.807) is 18.7 Å². The van der Waals surface area contributed by atoms with Crippen molar-refractivity contribution in [1.82, 2.24) is 20.2 Å². The lowest BCUT2D eigenvalue weighted by Crippen LogP contribution is -2.37. The zero-order chi connectivity index (χ0) is 15.9. The standard InChI is InChI=1S/C16H21N5O2/c22-16(20-15-11-17-5-6-19-15)12-18-10-13(14-4-3-9-23-14)21-7-1-2-8-21/h3-6,9,11,13,18H,1-2,7-8,10,12H2,(H,19,20,22)/t13-/m0/s1. The lowest BCUT2D eigenvalue weighted by Gasteiger charge is -2.26. The van der Waals surface area contributed by atoms with Gasteiger partial charge < -0.3 is 15.1 Å². The van der Waals surface area contributed by atoms with Crippen molar-refractivity contribution in [3.63, 3.8) is 0 Å². The van der Waals surface area contributed by atoms with E-state index in [-0.39, 0.29) is 18.5 Å². The van der Waals surface area contributed by atoms with Gasteiger partial charge in [0.15, 0.2) is 5.82 Å². The van der Waals surface area contributed by atoms with Crippen LogP contribution >= 0.6 is 0 Å². The first-order chi connectivity index (χ1) is 11.3. The highest BCUT2D eigenvalue weighted by Gasteiger charge is 2.25. The minimum Gasteiger partial charge on any atom is -0.468 e. The zero-order valence-electron chi connectivity index (χ0n) is 12.9. The highest BCUT2D eigenvalue weighted by molar-refractivity contribution is 5.91.